The van der Waals surface area contributed by atoms with Gasteiger partial charge in [0.2, 0.25) is 0 Å². The molecule has 1 aromatic carbocycles. The van der Waals surface area contributed by atoms with Gasteiger partial charge in [0.15, 0.2) is 0 Å². The molecule has 0 aliphatic rings. The average Bonchev–Trinajstić information content (AvgIpc) is 2.82. The number of thiazole rings is 1. The van der Waals surface area contributed by atoms with Crippen molar-refractivity contribution in [3.8, 4) is 0 Å². The highest BCUT2D eigenvalue weighted by Crippen LogP contribution is 2.27. The van der Waals surface area contributed by atoms with Gasteiger partial charge in [-0.15, -0.1) is 11.3 Å². The lowest BCUT2D eigenvalue weighted by atomic mass is 9.98. The molecule has 0 saturated carbocycles. The first-order valence-electron chi connectivity index (χ1n) is 6.00. The fourth-order valence-electron chi connectivity index (χ4n) is 1.50. The second-order valence-electron chi connectivity index (χ2n) is 5.36. The van der Waals surface area contributed by atoms with Crippen molar-refractivity contribution < 1.29 is 9.18 Å². The second kappa shape index (κ2) is 5.61. The van der Waals surface area contributed by atoms with Crippen molar-refractivity contribution in [3.05, 3.63) is 44.6 Å². The molecule has 0 aliphatic carbocycles. The van der Waals surface area contributed by atoms with E-state index in [1.807, 2.05) is 20.8 Å². The van der Waals surface area contributed by atoms with E-state index in [0.717, 1.165) is 5.01 Å². The molecule has 6 heteroatoms. The van der Waals surface area contributed by atoms with Crippen LogP contribution in [0, 0.1) is 5.82 Å². The van der Waals surface area contributed by atoms with Gasteiger partial charge in [-0.05, 0) is 18.2 Å². The summed E-state index contributed by atoms with van der Waals surface area (Å²) in [6.45, 7) is 6.09. The molecule has 0 radical (unpaired) electrons. The highest BCUT2D eigenvalue weighted by atomic mass is 79.9. The monoisotopic (exact) mass is 356 g/mol. The molecular formula is C14H14BrFN2OS. The molecule has 0 bridgehead atoms. The highest BCUT2D eigenvalue weighted by Gasteiger charge is 2.20. The van der Waals surface area contributed by atoms with Gasteiger partial charge in [0.25, 0.3) is 5.91 Å². The molecule has 0 atom stereocenters. The van der Waals surface area contributed by atoms with Crippen LogP contribution in [0.3, 0.4) is 0 Å². The van der Waals surface area contributed by atoms with E-state index >= 15 is 0 Å². The number of carbonyl (C=O) groups excluding carboxylic acids is 1. The Hall–Kier alpha value is -1.27. The zero-order chi connectivity index (χ0) is 14.9. The maximum absolute atomic E-state index is 13.7. The summed E-state index contributed by atoms with van der Waals surface area (Å²) in [5.74, 6) is -0.826. The first-order valence-corrected chi connectivity index (χ1v) is 7.61. The Labute approximate surface area is 129 Å². The number of nitrogens with zero attached hydrogens (tertiary/aromatic N) is 1. The highest BCUT2D eigenvalue weighted by molar-refractivity contribution is 9.10. The number of rotatable bonds is 2. The first-order chi connectivity index (χ1) is 9.27. The molecule has 0 saturated heterocycles. The molecule has 1 N–H and O–H groups in total. The number of benzene rings is 1. The SMILES string of the molecule is CC(C)(C)c1ncc(C(=O)Nc2ccc(Br)cc2F)s1. The minimum Gasteiger partial charge on any atom is -0.319 e. The van der Waals surface area contributed by atoms with E-state index in [9.17, 15) is 9.18 Å². The normalized spacial score (nSPS) is 11.4. The van der Waals surface area contributed by atoms with Crippen molar-refractivity contribution >= 4 is 38.9 Å². The lowest BCUT2D eigenvalue weighted by Crippen LogP contribution is -2.11. The predicted octanol–water partition coefficient (Wildman–Crippen LogP) is 4.59. The van der Waals surface area contributed by atoms with E-state index in [1.165, 1.54) is 29.7 Å². The minimum atomic E-state index is -0.478. The van der Waals surface area contributed by atoms with E-state index in [2.05, 4.69) is 26.2 Å². The van der Waals surface area contributed by atoms with Gasteiger partial charge in [-0.3, -0.25) is 4.79 Å². The van der Waals surface area contributed by atoms with Crippen LogP contribution in [0.1, 0.15) is 35.5 Å². The number of anilines is 1. The van der Waals surface area contributed by atoms with Crippen LogP contribution in [-0.2, 0) is 5.41 Å². The van der Waals surface area contributed by atoms with E-state index in [-0.39, 0.29) is 17.0 Å². The summed E-state index contributed by atoms with van der Waals surface area (Å²) in [7, 11) is 0. The summed E-state index contributed by atoms with van der Waals surface area (Å²) in [4.78, 5) is 16.8. The zero-order valence-electron chi connectivity index (χ0n) is 11.3. The van der Waals surface area contributed by atoms with Crippen molar-refractivity contribution in [3.63, 3.8) is 0 Å². The molecule has 0 spiro atoms. The fourth-order valence-corrected chi connectivity index (χ4v) is 2.70. The van der Waals surface area contributed by atoms with Gasteiger partial charge in [0.05, 0.1) is 16.9 Å². The van der Waals surface area contributed by atoms with Gasteiger partial charge in [-0.2, -0.15) is 0 Å². The molecule has 2 rings (SSSR count). The third-order valence-electron chi connectivity index (χ3n) is 2.55. The van der Waals surface area contributed by atoms with Crippen molar-refractivity contribution in [1.29, 1.82) is 0 Å². The maximum Gasteiger partial charge on any atom is 0.267 e. The fraction of sp³-hybridized carbons (Fsp3) is 0.286. The van der Waals surface area contributed by atoms with Gasteiger partial charge >= 0.3 is 0 Å². The van der Waals surface area contributed by atoms with Crippen LogP contribution >= 0.6 is 27.3 Å². The molecule has 106 valence electrons. The number of halogens is 2. The summed E-state index contributed by atoms with van der Waals surface area (Å²) in [5.41, 5.74) is 0.0513. The molecule has 3 nitrogen and oxygen atoms in total. The predicted molar refractivity (Wildman–Crippen MR) is 82.9 cm³/mol. The minimum absolute atomic E-state index is 0.105. The third-order valence-corrected chi connectivity index (χ3v) is 4.47. The lowest BCUT2D eigenvalue weighted by molar-refractivity contribution is 0.103. The van der Waals surface area contributed by atoms with Crippen molar-refractivity contribution in [2.45, 2.75) is 26.2 Å². The van der Waals surface area contributed by atoms with Crippen LogP contribution in [0.2, 0.25) is 0 Å². The average molecular weight is 357 g/mol. The van der Waals surface area contributed by atoms with Crippen molar-refractivity contribution in [2.75, 3.05) is 5.32 Å². The van der Waals surface area contributed by atoms with Crippen molar-refractivity contribution in [1.82, 2.24) is 4.98 Å². The van der Waals surface area contributed by atoms with Gasteiger partial charge in [0.1, 0.15) is 10.7 Å². The molecule has 20 heavy (non-hydrogen) atoms. The molecule has 1 heterocycles. The Morgan fingerprint density at radius 3 is 2.65 bits per heavy atom. The number of carbonyl (C=O) groups is 1. The Morgan fingerprint density at radius 1 is 1.40 bits per heavy atom. The van der Waals surface area contributed by atoms with Crippen LogP contribution in [0.25, 0.3) is 0 Å². The molecule has 2 aromatic rings. The summed E-state index contributed by atoms with van der Waals surface area (Å²) >= 11 is 4.49. The molecule has 0 aliphatic heterocycles. The lowest BCUT2D eigenvalue weighted by Gasteiger charge is -2.13. The Bertz CT molecular complexity index is 649. The van der Waals surface area contributed by atoms with Gasteiger partial charge in [0, 0.05) is 9.89 Å². The number of nitrogens with one attached hydrogen (secondary N) is 1. The molecule has 1 amide bonds. The quantitative estimate of drug-likeness (QED) is 0.854. The summed E-state index contributed by atoms with van der Waals surface area (Å²) in [6.07, 6.45) is 1.53. The largest absolute Gasteiger partial charge is 0.319 e. The standard InChI is InChI=1S/C14H14BrFN2OS/c1-14(2,3)13-17-7-11(20-13)12(19)18-10-5-4-8(15)6-9(10)16/h4-7H,1-3H3,(H,18,19). The van der Waals surface area contributed by atoms with Crippen LogP contribution in [-0.4, -0.2) is 10.9 Å². The summed E-state index contributed by atoms with van der Waals surface area (Å²) in [6, 6.07) is 4.50. The number of aromatic nitrogens is 1. The van der Waals surface area contributed by atoms with E-state index in [1.54, 1.807) is 6.07 Å². The van der Waals surface area contributed by atoms with Crippen LogP contribution < -0.4 is 5.32 Å². The van der Waals surface area contributed by atoms with E-state index in [0.29, 0.717) is 9.35 Å². The Kier molecular flexibility index (Phi) is 4.25. The zero-order valence-corrected chi connectivity index (χ0v) is 13.7. The summed E-state index contributed by atoms with van der Waals surface area (Å²) < 4.78 is 14.3. The maximum atomic E-state index is 13.7. The molecular weight excluding hydrogens is 343 g/mol. The topological polar surface area (TPSA) is 42.0 Å². The summed E-state index contributed by atoms with van der Waals surface area (Å²) in [5, 5.41) is 3.43. The van der Waals surface area contributed by atoms with Gasteiger partial charge < -0.3 is 5.32 Å². The number of amides is 1. The molecule has 1 aromatic heterocycles. The Balaban J connectivity index is 2.18. The number of hydrogen-bond acceptors (Lipinski definition) is 3. The molecule has 0 unspecified atom stereocenters. The molecule has 0 fully saturated rings. The van der Waals surface area contributed by atoms with Gasteiger partial charge in [-0.25, -0.2) is 9.37 Å². The van der Waals surface area contributed by atoms with Crippen molar-refractivity contribution in [2.24, 2.45) is 0 Å². The Morgan fingerprint density at radius 2 is 2.10 bits per heavy atom. The van der Waals surface area contributed by atoms with Crippen LogP contribution in [0.5, 0.6) is 0 Å². The van der Waals surface area contributed by atoms with E-state index in [4.69, 9.17) is 0 Å². The van der Waals surface area contributed by atoms with E-state index < -0.39 is 5.82 Å². The second-order valence-corrected chi connectivity index (χ2v) is 7.30. The van der Waals surface area contributed by atoms with Crippen LogP contribution in [0.4, 0.5) is 10.1 Å². The van der Waals surface area contributed by atoms with Crippen LogP contribution in [0.15, 0.2) is 28.9 Å². The number of hydrogen-bond donors (Lipinski definition) is 1. The first kappa shape index (κ1) is 15.1. The van der Waals surface area contributed by atoms with Gasteiger partial charge in [-0.1, -0.05) is 36.7 Å². The third kappa shape index (κ3) is 3.43. The smallest absolute Gasteiger partial charge is 0.267 e.